The minimum absolute atomic E-state index is 0.228. The van der Waals surface area contributed by atoms with Gasteiger partial charge in [0, 0.05) is 0 Å². The Labute approximate surface area is 211 Å². The third kappa shape index (κ3) is 5.90. The maximum absolute atomic E-state index is 12.9. The monoisotopic (exact) mass is 496 g/mol. The first-order chi connectivity index (χ1) is 17.3. The SMILES string of the molecule is CCOC(=O)C(=C\c1ccc(OC)c(OC)c1)/C=C1\O[C@@H]2OC(C)(C)O[C@@H]2[C@H]1OCc1ccccc1. The van der Waals surface area contributed by atoms with E-state index in [-0.39, 0.29) is 12.2 Å². The minimum atomic E-state index is -0.811. The van der Waals surface area contributed by atoms with E-state index in [2.05, 4.69) is 0 Å². The third-order valence-electron chi connectivity index (χ3n) is 5.73. The minimum Gasteiger partial charge on any atom is -0.493 e. The van der Waals surface area contributed by atoms with E-state index in [0.717, 1.165) is 11.1 Å². The molecule has 0 N–H and O–H groups in total. The van der Waals surface area contributed by atoms with E-state index in [9.17, 15) is 4.79 Å². The second-order valence-corrected chi connectivity index (χ2v) is 8.78. The Morgan fingerprint density at radius 3 is 2.47 bits per heavy atom. The van der Waals surface area contributed by atoms with E-state index in [0.29, 0.717) is 23.9 Å². The second-order valence-electron chi connectivity index (χ2n) is 8.78. The van der Waals surface area contributed by atoms with Crippen LogP contribution in [0.2, 0.25) is 0 Å². The van der Waals surface area contributed by atoms with Crippen molar-refractivity contribution in [3.8, 4) is 11.5 Å². The number of hydrogen-bond donors (Lipinski definition) is 0. The number of fused-ring (bicyclic) bond motifs is 1. The van der Waals surface area contributed by atoms with Gasteiger partial charge in [0.05, 0.1) is 33.0 Å². The van der Waals surface area contributed by atoms with Crippen molar-refractivity contribution in [3.63, 3.8) is 0 Å². The van der Waals surface area contributed by atoms with Crippen molar-refractivity contribution in [2.24, 2.45) is 0 Å². The molecule has 0 aliphatic carbocycles. The fourth-order valence-corrected chi connectivity index (χ4v) is 4.12. The van der Waals surface area contributed by atoms with Crippen LogP contribution in [0.3, 0.4) is 0 Å². The Hall–Kier alpha value is -3.33. The van der Waals surface area contributed by atoms with Gasteiger partial charge in [-0.3, -0.25) is 0 Å². The zero-order valence-corrected chi connectivity index (χ0v) is 21.2. The molecular weight excluding hydrogens is 464 g/mol. The molecule has 2 aliphatic heterocycles. The summed E-state index contributed by atoms with van der Waals surface area (Å²) in [6.07, 6.45) is 1.60. The summed E-state index contributed by atoms with van der Waals surface area (Å²) < 4.78 is 40.4. The molecule has 0 aromatic heterocycles. The molecule has 8 nitrogen and oxygen atoms in total. The molecule has 3 atom stereocenters. The predicted octanol–water partition coefficient (Wildman–Crippen LogP) is 4.63. The lowest BCUT2D eigenvalue weighted by molar-refractivity contribution is -0.191. The molecule has 0 amide bonds. The molecular formula is C28H32O8. The van der Waals surface area contributed by atoms with Crippen LogP contribution in [-0.2, 0) is 35.1 Å². The Kier molecular flexibility index (Phi) is 7.98. The van der Waals surface area contributed by atoms with E-state index >= 15 is 0 Å². The smallest absolute Gasteiger partial charge is 0.338 e. The Bertz CT molecular complexity index is 1120. The molecule has 0 spiro atoms. The molecule has 192 valence electrons. The highest BCUT2D eigenvalue weighted by atomic mass is 16.8. The lowest BCUT2D eigenvalue weighted by Gasteiger charge is -2.22. The molecule has 4 rings (SSSR count). The summed E-state index contributed by atoms with van der Waals surface area (Å²) in [7, 11) is 3.12. The number of esters is 1. The predicted molar refractivity (Wildman–Crippen MR) is 132 cm³/mol. The van der Waals surface area contributed by atoms with Gasteiger partial charge in [-0.05, 0) is 56.2 Å². The van der Waals surface area contributed by atoms with Crippen LogP contribution in [0.5, 0.6) is 11.5 Å². The van der Waals surface area contributed by atoms with Gasteiger partial charge in [0.2, 0.25) is 6.29 Å². The molecule has 0 unspecified atom stereocenters. The molecule has 2 heterocycles. The highest BCUT2D eigenvalue weighted by Gasteiger charge is 2.54. The molecule has 2 saturated heterocycles. The number of hydrogen-bond acceptors (Lipinski definition) is 8. The van der Waals surface area contributed by atoms with Gasteiger partial charge in [-0.2, -0.15) is 0 Å². The largest absolute Gasteiger partial charge is 0.493 e. The second kappa shape index (κ2) is 11.2. The van der Waals surface area contributed by atoms with Crippen molar-refractivity contribution in [1.82, 2.24) is 0 Å². The third-order valence-corrected chi connectivity index (χ3v) is 5.73. The number of rotatable bonds is 9. The summed E-state index contributed by atoms with van der Waals surface area (Å²) in [6, 6.07) is 15.2. The lowest BCUT2D eigenvalue weighted by atomic mass is 10.1. The molecule has 2 aliphatic rings. The van der Waals surface area contributed by atoms with E-state index in [4.69, 9.17) is 33.2 Å². The van der Waals surface area contributed by atoms with Crippen molar-refractivity contribution < 1.29 is 38.0 Å². The van der Waals surface area contributed by atoms with Gasteiger partial charge in [0.1, 0.15) is 11.9 Å². The first-order valence-electron chi connectivity index (χ1n) is 11.8. The number of ether oxygens (including phenoxy) is 7. The maximum Gasteiger partial charge on any atom is 0.338 e. The van der Waals surface area contributed by atoms with Crippen LogP contribution < -0.4 is 9.47 Å². The van der Waals surface area contributed by atoms with Gasteiger partial charge in [-0.25, -0.2) is 4.79 Å². The Morgan fingerprint density at radius 2 is 1.78 bits per heavy atom. The van der Waals surface area contributed by atoms with Crippen molar-refractivity contribution >= 4 is 12.0 Å². The molecule has 2 aromatic carbocycles. The van der Waals surface area contributed by atoms with Gasteiger partial charge in [-0.15, -0.1) is 0 Å². The Morgan fingerprint density at radius 1 is 1.03 bits per heavy atom. The topological polar surface area (TPSA) is 81.7 Å². The first-order valence-corrected chi connectivity index (χ1v) is 11.8. The van der Waals surface area contributed by atoms with Gasteiger partial charge < -0.3 is 33.2 Å². The molecule has 2 aromatic rings. The van der Waals surface area contributed by atoms with Gasteiger partial charge in [0.15, 0.2) is 23.4 Å². The highest BCUT2D eigenvalue weighted by molar-refractivity contribution is 5.97. The van der Waals surface area contributed by atoms with Crippen molar-refractivity contribution in [2.45, 2.75) is 51.7 Å². The molecule has 36 heavy (non-hydrogen) atoms. The average molecular weight is 497 g/mol. The van der Waals surface area contributed by atoms with Crippen LogP contribution in [0.4, 0.5) is 0 Å². The van der Waals surface area contributed by atoms with E-state index < -0.39 is 30.3 Å². The summed E-state index contributed by atoms with van der Waals surface area (Å²) >= 11 is 0. The fourth-order valence-electron chi connectivity index (χ4n) is 4.12. The number of carbonyl (C=O) groups excluding carboxylic acids is 1. The zero-order valence-electron chi connectivity index (χ0n) is 21.2. The quantitative estimate of drug-likeness (QED) is 0.367. The van der Waals surface area contributed by atoms with Crippen molar-refractivity contribution in [2.75, 3.05) is 20.8 Å². The highest BCUT2D eigenvalue weighted by Crippen LogP contribution is 2.41. The van der Waals surface area contributed by atoms with Crippen LogP contribution in [-0.4, -0.2) is 51.1 Å². The van der Waals surface area contributed by atoms with Crippen LogP contribution in [0.15, 0.2) is 65.9 Å². The molecule has 0 radical (unpaired) electrons. The number of methoxy groups -OCH3 is 2. The summed E-state index contributed by atoms with van der Waals surface area (Å²) in [5.74, 6) is 0.251. The van der Waals surface area contributed by atoms with Gasteiger partial charge in [-0.1, -0.05) is 36.4 Å². The Balaban J connectivity index is 1.67. The summed E-state index contributed by atoms with van der Waals surface area (Å²) in [5.41, 5.74) is 2.01. The van der Waals surface area contributed by atoms with Crippen molar-refractivity contribution in [3.05, 3.63) is 77.1 Å². The van der Waals surface area contributed by atoms with Crippen LogP contribution in [0, 0.1) is 0 Å². The lowest BCUT2D eigenvalue weighted by Crippen LogP contribution is -2.31. The average Bonchev–Trinajstić information content (AvgIpc) is 3.33. The molecule has 0 bridgehead atoms. The van der Waals surface area contributed by atoms with E-state index in [1.165, 1.54) is 0 Å². The van der Waals surface area contributed by atoms with Gasteiger partial charge in [0.25, 0.3) is 0 Å². The first kappa shape index (κ1) is 25.8. The van der Waals surface area contributed by atoms with Crippen LogP contribution in [0.1, 0.15) is 31.9 Å². The summed E-state index contributed by atoms with van der Waals surface area (Å²) in [5, 5.41) is 0. The zero-order chi connectivity index (χ0) is 25.7. The maximum atomic E-state index is 12.9. The summed E-state index contributed by atoms with van der Waals surface area (Å²) in [6.45, 7) is 5.98. The van der Waals surface area contributed by atoms with E-state index in [1.54, 1.807) is 45.4 Å². The van der Waals surface area contributed by atoms with E-state index in [1.807, 2.05) is 50.2 Å². The standard InChI is InChI=1S/C28H32O8/c1-6-32-26(29)20(14-19-12-13-21(30-4)22(15-19)31-5)16-23-24(33-17-18-10-8-7-9-11-18)25-27(34-23)36-28(2,3)35-25/h7-16,24-25,27H,6,17H2,1-5H3/b20-14-,23-16-/t24-,25+,27+/m0/s1. The number of benzene rings is 2. The fraction of sp³-hybridized carbons (Fsp3) is 0.393. The van der Waals surface area contributed by atoms with Gasteiger partial charge >= 0.3 is 5.97 Å². The summed E-state index contributed by atoms with van der Waals surface area (Å²) in [4.78, 5) is 12.9. The normalized spacial score (nSPS) is 23.8. The van der Waals surface area contributed by atoms with Crippen LogP contribution >= 0.6 is 0 Å². The molecule has 0 saturated carbocycles. The molecule has 2 fully saturated rings. The van der Waals surface area contributed by atoms with Crippen molar-refractivity contribution in [1.29, 1.82) is 0 Å². The number of carbonyl (C=O) groups is 1. The molecule has 8 heteroatoms. The van der Waals surface area contributed by atoms with Crippen LogP contribution in [0.25, 0.3) is 6.08 Å².